The number of hydrogen-bond acceptors (Lipinski definition) is 5. The molecule has 18 heavy (non-hydrogen) atoms. The number of nitrogens with zero attached hydrogens (tertiary/aromatic N) is 4. The normalized spacial score (nSPS) is 12.6. The number of anilines is 1. The summed E-state index contributed by atoms with van der Waals surface area (Å²) in [6.45, 7) is 5.26. The Labute approximate surface area is 110 Å². The maximum atomic E-state index is 9.51. The van der Waals surface area contributed by atoms with Crippen LogP contribution in [0.4, 0.5) is 5.82 Å². The van der Waals surface area contributed by atoms with Crippen LogP contribution in [-0.2, 0) is 6.61 Å². The predicted octanol–water partition coefficient (Wildman–Crippen LogP) is 1.87. The van der Waals surface area contributed by atoms with Crippen molar-refractivity contribution in [1.29, 1.82) is 5.26 Å². The third-order valence-electron chi connectivity index (χ3n) is 2.89. The first-order valence-electron chi connectivity index (χ1n) is 5.91. The van der Waals surface area contributed by atoms with Gasteiger partial charge in [-0.1, -0.05) is 0 Å². The minimum atomic E-state index is -0.0590. The molecule has 1 N–H and O–H groups in total. The van der Waals surface area contributed by atoms with E-state index in [1.165, 1.54) is 11.3 Å². The summed E-state index contributed by atoms with van der Waals surface area (Å²) in [5.74, 6) is 0.727. The second-order valence-electron chi connectivity index (χ2n) is 4.16. The fourth-order valence-electron chi connectivity index (χ4n) is 1.96. The number of nitriles is 1. The van der Waals surface area contributed by atoms with Crippen LogP contribution < -0.4 is 4.90 Å². The summed E-state index contributed by atoms with van der Waals surface area (Å²) in [6, 6.07) is 2.23. The average Bonchev–Trinajstić information content (AvgIpc) is 2.95. The predicted molar refractivity (Wildman–Crippen MR) is 71.7 cm³/mol. The van der Waals surface area contributed by atoms with Crippen molar-refractivity contribution >= 4 is 22.1 Å². The Morgan fingerprint density at radius 1 is 1.67 bits per heavy atom. The first kappa shape index (κ1) is 12.9. The SMILES string of the molecule is CCN(CC(C)C#N)c1nc2sccn2c1CO. The summed E-state index contributed by atoms with van der Waals surface area (Å²) in [5, 5.41) is 20.4. The quantitative estimate of drug-likeness (QED) is 0.895. The van der Waals surface area contributed by atoms with E-state index in [2.05, 4.69) is 11.1 Å². The highest BCUT2D eigenvalue weighted by atomic mass is 32.1. The van der Waals surface area contributed by atoms with Crippen molar-refractivity contribution in [2.75, 3.05) is 18.0 Å². The molecule has 2 heterocycles. The summed E-state index contributed by atoms with van der Waals surface area (Å²) in [7, 11) is 0. The summed E-state index contributed by atoms with van der Waals surface area (Å²) < 4.78 is 1.90. The van der Waals surface area contributed by atoms with E-state index in [0.29, 0.717) is 6.54 Å². The molecule has 5 nitrogen and oxygen atoms in total. The van der Waals surface area contributed by atoms with Crippen molar-refractivity contribution in [3.05, 3.63) is 17.3 Å². The Morgan fingerprint density at radius 2 is 2.44 bits per heavy atom. The smallest absolute Gasteiger partial charge is 0.195 e. The maximum absolute atomic E-state index is 9.51. The van der Waals surface area contributed by atoms with Crippen molar-refractivity contribution < 1.29 is 5.11 Å². The number of hydrogen-bond donors (Lipinski definition) is 1. The zero-order valence-corrected chi connectivity index (χ0v) is 11.3. The largest absolute Gasteiger partial charge is 0.390 e. The van der Waals surface area contributed by atoms with Crippen molar-refractivity contribution in [3.8, 4) is 6.07 Å². The number of aliphatic hydroxyl groups excluding tert-OH is 1. The van der Waals surface area contributed by atoms with Gasteiger partial charge in [0.05, 0.1) is 24.3 Å². The van der Waals surface area contributed by atoms with Gasteiger partial charge in [0.15, 0.2) is 10.8 Å². The van der Waals surface area contributed by atoms with E-state index in [1.54, 1.807) is 0 Å². The minimum Gasteiger partial charge on any atom is -0.390 e. The van der Waals surface area contributed by atoms with Gasteiger partial charge >= 0.3 is 0 Å². The first-order chi connectivity index (χ1) is 8.71. The van der Waals surface area contributed by atoms with E-state index in [4.69, 9.17) is 5.26 Å². The number of rotatable bonds is 5. The Hall–Kier alpha value is -1.58. The molecule has 2 aromatic rings. The molecule has 6 heteroatoms. The number of aliphatic hydroxyl groups is 1. The third kappa shape index (κ3) is 2.19. The average molecular weight is 264 g/mol. The molecule has 0 fully saturated rings. The molecule has 0 saturated carbocycles. The number of thiazole rings is 1. The fourth-order valence-corrected chi connectivity index (χ4v) is 2.69. The molecule has 0 aliphatic carbocycles. The van der Waals surface area contributed by atoms with E-state index in [-0.39, 0.29) is 12.5 Å². The zero-order chi connectivity index (χ0) is 13.1. The van der Waals surface area contributed by atoms with Crippen LogP contribution in [0.5, 0.6) is 0 Å². The Kier molecular flexibility index (Phi) is 3.84. The van der Waals surface area contributed by atoms with Crippen LogP contribution in [0.3, 0.4) is 0 Å². The van der Waals surface area contributed by atoms with Gasteiger partial charge in [-0.25, -0.2) is 4.98 Å². The molecule has 0 bridgehead atoms. The number of imidazole rings is 1. The van der Waals surface area contributed by atoms with Gasteiger partial charge in [-0.15, -0.1) is 11.3 Å². The topological polar surface area (TPSA) is 64.6 Å². The molecule has 2 rings (SSSR count). The second-order valence-corrected chi connectivity index (χ2v) is 5.04. The van der Waals surface area contributed by atoms with Gasteiger partial charge < -0.3 is 10.0 Å². The summed E-state index contributed by atoms with van der Waals surface area (Å²) in [6.07, 6.45) is 1.91. The van der Waals surface area contributed by atoms with Crippen LogP contribution in [0.15, 0.2) is 11.6 Å². The molecule has 2 aromatic heterocycles. The molecule has 0 spiro atoms. The van der Waals surface area contributed by atoms with Crippen molar-refractivity contribution in [2.45, 2.75) is 20.5 Å². The lowest BCUT2D eigenvalue weighted by molar-refractivity contribution is 0.276. The van der Waals surface area contributed by atoms with Crippen LogP contribution in [0.25, 0.3) is 4.96 Å². The van der Waals surface area contributed by atoms with E-state index in [0.717, 1.165) is 23.0 Å². The molecule has 1 atom stereocenters. The van der Waals surface area contributed by atoms with Crippen LogP contribution in [0, 0.1) is 17.2 Å². The fraction of sp³-hybridized carbons (Fsp3) is 0.500. The molecule has 1 unspecified atom stereocenters. The number of aromatic nitrogens is 2. The minimum absolute atomic E-state index is 0.0509. The highest BCUT2D eigenvalue weighted by molar-refractivity contribution is 7.15. The zero-order valence-electron chi connectivity index (χ0n) is 10.5. The second kappa shape index (κ2) is 5.38. The van der Waals surface area contributed by atoms with Gasteiger partial charge in [-0.2, -0.15) is 5.26 Å². The first-order valence-corrected chi connectivity index (χ1v) is 6.79. The molecule has 0 radical (unpaired) electrons. The lowest BCUT2D eigenvalue weighted by Gasteiger charge is -2.22. The lowest BCUT2D eigenvalue weighted by atomic mass is 10.2. The van der Waals surface area contributed by atoms with Crippen LogP contribution >= 0.6 is 11.3 Å². The molecule has 0 aliphatic rings. The highest BCUT2D eigenvalue weighted by Gasteiger charge is 2.18. The molecular weight excluding hydrogens is 248 g/mol. The van der Waals surface area contributed by atoms with Gasteiger partial charge in [-0.3, -0.25) is 4.40 Å². The van der Waals surface area contributed by atoms with Crippen LogP contribution in [0.1, 0.15) is 19.5 Å². The summed E-state index contributed by atoms with van der Waals surface area (Å²) in [4.78, 5) is 7.45. The van der Waals surface area contributed by atoms with Crippen molar-refractivity contribution in [1.82, 2.24) is 9.38 Å². The molecule has 0 aliphatic heterocycles. The third-order valence-corrected chi connectivity index (χ3v) is 3.64. The van der Waals surface area contributed by atoms with E-state index in [1.807, 2.05) is 34.7 Å². The van der Waals surface area contributed by atoms with Crippen LogP contribution in [-0.4, -0.2) is 27.6 Å². The Balaban J connectivity index is 2.38. The Bertz CT molecular complexity index is 568. The van der Waals surface area contributed by atoms with E-state index < -0.39 is 0 Å². The monoisotopic (exact) mass is 264 g/mol. The van der Waals surface area contributed by atoms with Crippen molar-refractivity contribution in [2.24, 2.45) is 5.92 Å². The lowest BCUT2D eigenvalue weighted by Crippen LogP contribution is -2.29. The summed E-state index contributed by atoms with van der Waals surface area (Å²) in [5.41, 5.74) is 0.790. The molecule has 96 valence electrons. The van der Waals surface area contributed by atoms with Gasteiger partial charge in [0.25, 0.3) is 0 Å². The molecule has 0 saturated heterocycles. The molecule has 0 aromatic carbocycles. The van der Waals surface area contributed by atoms with Crippen LogP contribution in [0.2, 0.25) is 0 Å². The van der Waals surface area contributed by atoms with Crippen molar-refractivity contribution in [3.63, 3.8) is 0 Å². The Morgan fingerprint density at radius 3 is 3.06 bits per heavy atom. The molecular formula is C12H16N4OS. The standard InChI is InChI=1S/C12H16N4OS/c1-3-15(7-9(2)6-13)11-10(8-17)16-4-5-18-12(16)14-11/h4-5,9,17H,3,7-8H2,1-2H3. The highest BCUT2D eigenvalue weighted by Crippen LogP contribution is 2.25. The summed E-state index contributed by atoms with van der Waals surface area (Å²) >= 11 is 1.54. The molecule has 0 amide bonds. The van der Waals surface area contributed by atoms with E-state index >= 15 is 0 Å². The van der Waals surface area contributed by atoms with Gasteiger partial charge in [0.1, 0.15) is 0 Å². The van der Waals surface area contributed by atoms with Gasteiger partial charge in [-0.05, 0) is 13.8 Å². The number of fused-ring (bicyclic) bond motifs is 1. The van der Waals surface area contributed by atoms with E-state index in [9.17, 15) is 5.11 Å². The van der Waals surface area contributed by atoms with Gasteiger partial charge in [0.2, 0.25) is 0 Å². The van der Waals surface area contributed by atoms with Gasteiger partial charge in [0, 0.05) is 24.7 Å². The maximum Gasteiger partial charge on any atom is 0.195 e.